The molecule has 2 atom stereocenters. The van der Waals surface area contributed by atoms with Crippen molar-refractivity contribution in [3.05, 3.63) is 11.0 Å². The van der Waals surface area contributed by atoms with Gasteiger partial charge in [0.1, 0.15) is 0 Å². The molecule has 0 aromatic heterocycles. The van der Waals surface area contributed by atoms with Crippen LogP contribution < -0.4 is 0 Å². The zero-order valence-electron chi connectivity index (χ0n) is 6.08. The Morgan fingerprint density at radius 1 is 1.70 bits per heavy atom. The zero-order valence-corrected chi connectivity index (χ0v) is 6.90. The van der Waals surface area contributed by atoms with Crippen molar-refractivity contribution in [2.24, 2.45) is 10.9 Å². The summed E-state index contributed by atoms with van der Waals surface area (Å²) in [5.74, 6) is 0.769. The summed E-state index contributed by atoms with van der Waals surface area (Å²) in [5.41, 5.74) is 0. The minimum atomic E-state index is 0.769. The summed E-state index contributed by atoms with van der Waals surface area (Å²) in [6.07, 6.45) is 5.44. The van der Waals surface area contributed by atoms with Crippen molar-refractivity contribution in [1.82, 2.24) is 0 Å². The lowest BCUT2D eigenvalue weighted by Gasteiger charge is -2.09. The molecule has 0 aromatic rings. The number of rotatable bonds is 0. The maximum Gasteiger partial charge on any atom is 0.0463 e. The van der Waals surface area contributed by atoms with Crippen molar-refractivity contribution in [3.63, 3.8) is 0 Å². The van der Waals surface area contributed by atoms with Crippen LogP contribution in [0, 0.1) is 5.92 Å². The van der Waals surface area contributed by atoms with E-state index in [1.807, 2.05) is 18.0 Å². The highest BCUT2D eigenvalue weighted by atomic mass is 32.2. The molecular weight excluding hydrogens is 142 g/mol. The monoisotopic (exact) mass is 153 g/mol. The van der Waals surface area contributed by atoms with Crippen LogP contribution in [0.4, 0.5) is 0 Å². The average molecular weight is 153 g/mol. The standard InChI is InChI=1S/C8H11NS/c1-6-4-7-5-9-3-2-8(7)10-6/h2-3,6-7H,4-5H2,1H3. The summed E-state index contributed by atoms with van der Waals surface area (Å²) in [7, 11) is 0. The van der Waals surface area contributed by atoms with E-state index in [2.05, 4.69) is 18.0 Å². The lowest BCUT2D eigenvalue weighted by atomic mass is 10.0. The molecule has 0 aromatic carbocycles. The third-order valence-electron chi connectivity index (χ3n) is 2.03. The smallest absolute Gasteiger partial charge is 0.0463 e. The molecule has 0 bridgehead atoms. The van der Waals surface area contributed by atoms with Crippen LogP contribution >= 0.6 is 11.8 Å². The van der Waals surface area contributed by atoms with E-state index in [9.17, 15) is 0 Å². The molecule has 0 saturated carbocycles. The molecule has 2 rings (SSSR count). The van der Waals surface area contributed by atoms with Crippen LogP contribution in [0.1, 0.15) is 13.3 Å². The SMILES string of the molecule is CC1CC2CN=CC=C2S1. The van der Waals surface area contributed by atoms with Gasteiger partial charge in [0.15, 0.2) is 0 Å². The van der Waals surface area contributed by atoms with Crippen LogP contribution in [0.15, 0.2) is 16.0 Å². The van der Waals surface area contributed by atoms with Gasteiger partial charge in [0.2, 0.25) is 0 Å². The molecule has 0 N–H and O–H groups in total. The van der Waals surface area contributed by atoms with E-state index in [1.54, 1.807) is 4.91 Å². The minimum Gasteiger partial charge on any atom is -0.292 e. The molecule has 10 heavy (non-hydrogen) atoms. The second kappa shape index (κ2) is 2.42. The predicted molar refractivity (Wildman–Crippen MR) is 46.6 cm³/mol. The largest absolute Gasteiger partial charge is 0.292 e. The van der Waals surface area contributed by atoms with E-state index in [-0.39, 0.29) is 0 Å². The quantitative estimate of drug-likeness (QED) is 0.519. The fourth-order valence-corrected chi connectivity index (χ4v) is 2.84. The van der Waals surface area contributed by atoms with E-state index in [0.717, 1.165) is 17.7 Å². The predicted octanol–water partition coefficient (Wildman–Crippen LogP) is 2.10. The fraction of sp³-hybridized carbons (Fsp3) is 0.625. The molecule has 2 aliphatic rings. The van der Waals surface area contributed by atoms with Crippen molar-refractivity contribution in [3.8, 4) is 0 Å². The van der Waals surface area contributed by atoms with Crippen molar-refractivity contribution in [2.45, 2.75) is 18.6 Å². The Bertz CT molecular complexity index is 195. The molecule has 0 spiro atoms. The topological polar surface area (TPSA) is 12.4 Å². The first kappa shape index (κ1) is 6.47. The highest BCUT2D eigenvalue weighted by Crippen LogP contribution is 2.42. The van der Waals surface area contributed by atoms with Gasteiger partial charge < -0.3 is 0 Å². The van der Waals surface area contributed by atoms with Crippen LogP contribution in [-0.4, -0.2) is 18.0 Å². The van der Waals surface area contributed by atoms with Crippen molar-refractivity contribution in [2.75, 3.05) is 6.54 Å². The number of dihydropyridines is 1. The Hall–Kier alpha value is -0.240. The van der Waals surface area contributed by atoms with Gasteiger partial charge in [-0.15, -0.1) is 11.8 Å². The summed E-state index contributed by atoms with van der Waals surface area (Å²) >= 11 is 2.02. The Balaban J connectivity index is 2.18. The molecule has 2 heteroatoms. The number of hydrogen-bond acceptors (Lipinski definition) is 2. The van der Waals surface area contributed by atoms with Gasteiger partial charge in [-0.2, -0.15) is 0 Å². The molecule has 1 saturated heterocycles. The van der Waals surface area contributed by atoms with E-state index in [0.29, 0.717) is 0 Å². The van der Waals surface area contributed by atoms with Crippen LogP contribution in [0.3, 0.4) is 0 Å². The van der Waals surface area contributed by atoms with Gasteiger partial charge in [0.25, 0.3) is 0 Å². The number of hydrogen-bond donors (Lipinski definition) is 0. The van der Waals surface area contributed by atoms with Gasteiger partial charge in [-0.05, 0) is 17.4 Å². The third-order valence-corrected chi connectivity index (χ3v) is 3.36. The summed E-state index contributed by atoms with van der Waals surface area (Å²) in [5, 5.41) is 0.818. The molecule has 0 aliphatic carbocycles. The zero-order chi connectivity index (χ0) is 6.97. The molecular formula is C8H11NS. The average Bonchev–Trinajstić information content (AvgIpc) is 2.27. The first-order chi connectivity index (χ1) is 4.86. The number of aliphatic imine (C=N–C) groups is 1. The second-order valence-electron chi connectivity index (χ2n) is 2.94. The number of thioether (sulfide) groups is 1. The Morgan fingerprint density at radius 3 is 3.40 bits per heavy atom. The van der Waals surface area contributed by atoms with E-state index in [4.69, 9.17) is 0 Å². The van der Waals surface area contributed by atoms with Gasteiger partial charge in [-0.3, -0.25) is 4.99 Å². The first-order valence-corrected chi connectivity index (χ1v) is 4.61. The summed E-state index contributed by atoms with van der Waals surface area (Å²) in [6.45, 7) is 3.33. The van der Waals surface area contributed by atoms with Gasteiger partial charge in [0.05, 0.1) is 0 Å². The summed E-state index contributed by atoms with van der Waals surface area (Å²) < 4.78 is 0. The minimum absolute atomic E-state index is 0.769. The molecule has 2 unspecified atom stereocenters. The lowest BCUT2D eigenvalue weighted by molar-refractivity contribution is 0.613. The van der Waals surface area contributed by atoms with Crippen molar-refractivity contribution < 1.29 is 0 Å². The maximum absolute atomic E-state index is 4.24. The Labute approximate surface area is 65.6 Å². The van der Waals surface area contributed by atoms with Gasteiger partial charge in [0, 0.05) is 23.9 Å². The fourth-order valence-electron chi connectivity index (χ4n) is 1.55. The van der Waals surface area contributed by atoms with Crippen LogP contribution in [-0.2, 0) is 0 Å². The molecule has 54 valence electrons. The molecule has 0 amide bonds. The van der Waals surface area contributed by atoms with E-state index >= 15 is 0 Å². The lowest BCUT2D eigenvalue weighted by Crippen LogP contribution is -2.05. The Morgan fingerprint density at radius 2 is 2.60 bits per heavy atom. The van der Waals surface area contributed by atoms with Crippen LogP contribution in [0.2, 0.25) is 0 Å². The van der Waals surface area contributed by atoms with Gasteiger partial charge >= 0.3 is 0 Å². The number of fused-ring (bicyclic) bond motifs is 1. The number of allylic oxidation sites excluding steroid dienone is 1. The summed E-state index contributed by atoms with van der Waals surface area (Å²) in [4.78, 5) is 5.80. The van der Waals surface area contributed by atoms with Crippen molar-refractivity contribution >= 4 is 18.0 Å². The van der Waals surface area contributed by atoms with Crippen molar-refractivity contribution in [1.29, 1.82) is 0 Å². The highest BCUT2D eigenvalue weighted by Gasteiger charge is 2.27. The van der Waals surface area contributed by atoms with Gasteiger partial charge in [-0.1, -0.05) is 6.92 Å². The third kappa shape index (κ3) is 1.01. The molecule has 0 radical (unpaired) electrons. The molecule has 1 fully saturated rings. The van der Waals surface area contributed by atoms with Crippen LogP contribution in [0.25, 0.3) is 0 Å². The van der Waals surface area contributed by atoms with Crippen LogP contribution in [0.5, 0.6) is 0 Å². The number of nitrogens with zero attached hydrogens (tertiary/aromatic N) is 1. The highest BCUT2D eigenvalue weighted by molar-refractivity contribution is 8.04. The molecule has 2 aliphatic heterocycles. The normalized spacial score (nSPS) is 37.5. The molecule has 1 nitrogen and oxygen atoms in total. The summed E-state index contributed by atoms with van der Waals surface area (Å²) in [6, 6.07) is 0. The van der Waals surface area contributed by atoms with Gasteiger partial charge in [-0.25, -0.2) is 0 Å². The first-order valence-electron chi connectivity index (χ1n) is 3.73. The molecule has 2 heterocycles. The van der Waals surface area contributed by atoms with E-state index in [1.165, 1.54) is 6.42 Å². The van der Waals surface area contributed by atoms with E-state index < -0.39 is 0 Å². The second-order valence-corrected chi connectivity index (χ2v) is 4.46. The Kier molecular flexibility index (Phi) is 1.57. The maximum atomic E-state index is 4.24.